The Morgan fingerprint density at radius 3 is 1.54 bits per heavy atom. The lowest BCUT2D eigenvalue weighted by molar-refractivity contribution is -0.382. The van der Waals surface area contributed by atoms with Crippen LogP contribution in [-0.4, -0.2) is 64.1 Å². The zero-order valence-corrected chi connectivity index (χ0v) is 20.0. The van der Waals surface area contributed by atoms with Crippen molar-refractivity contribution >= 4 is 10.1 Å². The number of halogens is 10. The lowest BCUT2D eigenvalue weighted by atomic mass is 10.1. The Kier molecular flexibility index (Phi) is 15.3. The molecule has 0 rings (SSSR count). The van der Waals surface area contributed by atoms with Gasteiger partial charge in [-0.1, -0.05) is 26.2 Å². The van der Waals surface area contributed by atoms with Crippen molar-refractivity contribution in [3.05, 3.63) is 0 Å². The van der Waals surface area contributed by atoms with Crippen molar-refractivity contribution in [1.82, 2.24) is 0 Å². The van der Waals surface area contributed by atoms with Gasteiger partial charge in [-0.15, -0.1) is 0 Å². The maximum absolute atomic E-state index is 13.5. The highest BCUT2D eigenvalue weighted by Crippen LogP contribution is 2.54. The predicted molar refractivity (Wildman–Crippen MR) is 104 cm³/mol. The standard InChI is InChI=1S/C18H29F9O6S.FH/c1-4-5-10-30-13(2)33-14(3)31-11-8-6-7-9-12-32-34(28,29)18(26,27)16(21,22)15(19,20)17(23,24)25;/h13-14H,4-12H2,1-3H3;1H. The van der Waals surface area contributed by atoms with Gasteiger partial charge in [-0.3, -0.25) is 8.89 Å². The summed E-state index contributed by atoms with van der Waals surface area (Å²) in [6, 6.07) is 0. The quantitative estimate of drug-likeness (QED) is 0.0879. The largest absolute Gasteiger partial charge is 0.460 e. The monoisotopic (exact) mass is 564 g/mol. The van der Waals surface area contributed by atoms with Gasteiger partial charge in [0.15, 0.2) is 12.6 Å². The summed E-state index contributed by atoms with van der Waals surface area (Å²) >= 11 is 0. The number of hydrogen-bond acceptors (Lipinski definition) is 6. The summed E-state index contributed by atoms with van der Waals surface area (Å²) in [6.07, 6.45) is -5.82. The Morgan fingerprint density at radius 1 is 0.686 bits per heavy atom. The van der Waals surface area contributed by atoms with E-state index in [1.54, 1.807) is 13.8 Å². The van der Waals surface area contributed by atoms with Gasteiger partial charge in [0.2, 0.25) is 0 Å². The Balaban J connectivity index is 0. The molecule has 0 amide bonds. The zero-order chi connectivity index (χ0) is 26.8. The molecule has 0 heterocycles. The molecule has 0 saturated carbocycles. The molecule has 17 heteroatoms. The first kappa shape index (κ1) is 36.2. The number of hydrogen-bond donors (Lipinski definition) is 0. The molecule has 0 saturated heterocycles. The Hall–Kier alpha value is -0.910. The Morgan fingerprint density at radius 2 is 1.11 bits per heavy atom. The molecule has 35 heavy (non-hydrogen) atoms. The minimum Gasteiger partial charge on any atom is -0.353 e. The van der Waals surface area contributed by atoms with E-state index in [1.165, 1.54) is 0 Å². The second-order valence-electron chi connectivity index (χ2n) is 7.22. The molecule has 2 unspecified atom stereocenters. The van der Waals surface area contributed by atoms with Crippen LogP contribution in [0.15, 0.2) is 0 Å². The minimum absolute atomic E-state index is 0. The summed E-state index contributed by atoms with van der Waals surface area (Å²) in [5.74, 6) is -14.6. The molecule has 6 nitrogen and oxygen atoms in total. The van der Waals surface area contributed by atoms with Gasteiger partial charge >= 0.3 is 33.4 Å². The molecule has 214 valence electrons. The lowest BCUT2D eigenvalue weighted by Crippen LogP contribution is -2.63. The van der Waals surface area contributed by atoms with Crippen molar-refractivity contribution in [3.63, 3.8) is 0 Å². The second-order valence-corrected chi connectivity index (χ2v) is 8.88. The molecule has 0 aliphatic carbocycles. The molecule has 0 N–H and O–H groups in total. The van der Waals surface area contributed by atoms with Gasteiger partial charge in [-0.05, 0) is 33.1 Å². The fraction of sp³-hybridized carbons (Fsp3) is 1.00. The average molecular weight is 564 g/mol. The van der Waals surface area contributed by atoms with E-state index in [-0.39, 0.29) is 24.2 Å². The third kappa shape index (κ3) is 10.2. The van der Waals surface area contributed by atoms with E-state index in [0.717, 1.165) is 12.8 Å². The van der Waals surface area contributed by atoms with Crippen LogP contribution < -0.4 is 0 Å². The molecule has 2 atom stereocenters. The average Bonchev–Trinajstić information content (AvgIpc) is 2.68. The van der Waals surface area contributed by atoms with Gasteiger partial charge < -0.3 is 14.2 Å². The summed E-state index contributed by atoms with van der Waals surface area (Å²) < 4.78 is 157. The zero-order valence-electron chi connectivity index (χ0n) is 19.2. The number of unbranched alkanes of at least 4 members (excludes halogenated alkanes) is 4. The first-order chi connectivity index (χ1) is 15.3. The van der Waals surface area contributed by atoms with Gasteiger partial charge in [0.25, 0.3) is 0 Å². The fourth-order valence-corrected chi connectivity index (χ4v) is 3.24. The first-order valence-corrected chi connectivity index (χ1v) is 11.7. The van der Waals surface area contributed by atoms with Gasteiger partial charge in [-0.2, -0.15) is 47.9 Å². The highest BCUT2D eigenvalue weighted by atomic mass is 32.2. The second kappa shape index (κ2) is 14.7. The molecule has 0 radical (unpaired) electrons. The third-order valence-electron chi connectivity index (χ3n) is 4.29. The lowest BCUT2D eigenvalue weighted by Gasteiger charge is -2.32. The molecule has 0 aliphatic rings. The van der Waals surface area contributed by atoms with E-state index < -0.39 is 52.6 Å². The van der Waals surface area contributed by atoms with Gasteiger partial charge in [0, 0.05) is 13.2 Å². The topological polar surface area (TPSA) is 71.1 Å². The van der Waals surface area contributed by atoms with E-state index in [9.17, 15) is 47.9 Å². The molecule has 0 aromatic carbocycles. The summed E-state index contributed by atoms with van der Waals surface area (Å²) in [7, 11) is -6.81. The van der Waals surface area contributed by atoms with Crippen LogP contribution >= 0.6 is 0 Å². The maximum atomic E-state index is 13.5. The normalized spacial score (nSPS) is 15.5. The molecule has 0 bridgehead atoms. The summed E-state index contributed by atoms with van der Waals surface area (Å²) in [4.78, 5) is 0. The molecule has 0 aromatic rings. The van der Waals surface area contributed by atoms with E-state index >= 15 is 0 Å². The van der Waals surface area contributed by atoms with Gasteiger partial charge in [0.05, 0.1) is 6.61 Å². The van der Waals surface area contributed by atoms with E-state index in [2.05, 4.69) is 4.18 Å². The number of ether oxygens (including phenoxy) is 3. The van der Waals surface area contributed by atoms with Crippen molar-refractivity contribution < 1.29 is 71.0 Å². The number of alkyl halides is 9. The maximum Gasteiger partial charge on any atom is 0.460 e. The van der Waals surface area contributed by atoms with Crippen LogP contribution in [0.2, 0.25) is 0 Å². The molecule has 0 aliphatic heterocycles. The van der Waals surface area contributed by atoms with E-state index in [4.69, 9.17) is 14.2 Å². The Labute approximate surface area is 196 Å². The van der Waals surface area contributed by atoms with Gasteiger partial charge in [0.1, 0.15) is 0 Å². The fourth-order valence-electron chi connectivity index (χ4n) is 2.31. The van der Waals surface area contributed by atoms with E-state index in [0.29, 0.717) is 19.4 Å². The van der Waals surface area contributed by atoms with Crippen LogP contribution in [0.1, 0.15) is 59.3 Å². The smallest absolute Gasteiger partial charge is 0.353 e. The van der Waals surface area contributed by atoms with E-state index in [1.807, 2.05) is 6.92 Å². The van der Waals surface area contributed by atoms with Crippen LogP contribution in [0.4, 0.5) is 44.2 Å². The molecular formula is C18H30F10O6S. The summed E-state index contributed by atoms with van der Waals surface area (Å²) in [6.45, 7) is 4.90. The van der Waals surface area contributed by atoms with Crippen LogP contribution in [-0.2, 0) is 28.5 Å². The van der Waals surface area contributed by atoms with Crippen molar-refractivity contribution in [2.75, 3.05) is 19.8 Å². The van der Waals surface area contributed by atoms with Crippen molar-refractivity contribution in [2.24, 2.45) is 0 Å². The summed E-state index contributed by atoms with van der Waals surface area (Å²) in [5.41, 5.74) is 0. The van der Waals surface area contributed by atoms with Crippen molar-refractivity contribution in [1.29, 1.82) is 0 Å². The minimum atomic E-state index is -7.32. The number of rotatable bonds is 18. The predicted octanol–water partition coefficient (Wildman–Crippen LogP) is 6.01. The highest BCUT2D eigenvalue weighted by Gasteiger charge is 2.85. The van der Waals surface area contributed by atoms with Gasteiger partial charge in [-0.25, -0.2) is 0 Å². The van der Waals surface area contributed by atoms with Crippen LogP contribution in [0, 0.1) is 0 Å². The molecular weight excluding hydrogens is 534 g/mol. The molecule has 0 spiro atoms. The first-order valence-electron chi connectivity index (χ1n) is 10.3. The third-order valence-corrected chi connectivity index (χ3v) is 5.65. The van der Waals surface area contributed by atoms with Crippen molar-refractivity contribution in [2.45, 2.75) is 95.2 Å². The van der Waals surface area contributed by atoms with Crippen molar-refractivity contribution in [3.8, 4) is 0 Å². The summed E-state index contributed by atoms with van der Waals surface area (Å²) in [5, 5.41) is -6.83. The molecule has 0 aromatic heterocycles. The Bertz CT molecular complexity index is 688. The van der Waals surface area contributed by atoms with Crippen LogP contribution in [0.5, 0.6) is 0 Å². The van der Waals surface area contributed by atoms with Crippen LogP contribution in [0.25, 0.3) is 0 Å². The highest BCUT2D eigenvalue weighted by molar-refractivity contribution is 7.87. The SMILES string of the molecule is CCCCOC(C)OC(C)OCCCCCCOS(=O)(=O)C(F)(F)C(F)(F)C(F)(F)C(F)(F)F.F. The van der Waals surface area contributed by atoms with Crippen LogP contribution in [0.3, 0.4) is 0 Å². The molecule has 0 fully saturated rings.